The van der Waals surface area contributed by atoms with E-state index < -0.39 is 0 Å². The molecule has 4 heteroatoms. The number of fused-ring (bicyclic) bond motifs is 8. The van der Waals surface area contributed by atoms with E-state index in [2.05, 4.69) is 114 Å². The minimum Gasteiger partial charge on any atom is -0.361 e. The molecule has 0 aromatic carbocycles. The predicted molar refractivity (Wildman–Crippen MR) is 139 cm³/mol. The molecule has 168 valence electrons. The van der Waals surface area contributed by atoms with Crippen LogP contribution in [0.25, 0.3) is 0 Å². The molecule has 0 fully saturated rings. The van der Waals surface area contributed by atoms with E-state index in [1.165, 1.54) is 42.3 Å². The normalized spacial score (nSPS) is 20.2. The van der Waals surface area contributed by atoms with Crippen molar-refractivity contribution >= 4 is 22.7 Å². The van der Waals surface area contributed by atoms with Crippen molar-refractivity contribution in [1.29, 1.82) is 0 Å². The highest BCUT2D eigenvalue weighted by molar-refractivity contribution is 7.12. The van der Waals surface area contributed by atoms with Crippen molar-refractivity contribution in [3.05, 3.63) is 90.8 Å². The Kier molecular flexibility index (Phi) is 4.59. The number of nitrogens with one attached hydrogen (secondary N) is 2. The van der Waals surface area contributed by atoms with Gasteiger partial charge in [0.1, 0.15) is 0 Å². The Hall–Kier alpha value is -2.04. The minimum atomic E-state index is -0.0755. The number of aromatic amines is 2. The van der Waals surface area contributed by atoms with Gasteiger partial charge in [-0.2, -0.15) is 0 Å². The van der Waals surface area contributed by atoms with E-state index in [0.717, 1.165) is 0 Å². The lowest BCUT2D eigenvalue weighted by Gasteiger charge is -2.27. The van der Waals surface area contributed by atoms with Crippen LogP contribution < -0.4 is 0 Å². The first kappa shape index (κ1) is 21.8. The molecule has 0 unspecified atom stereocenters. The largest absolute Gasteiger partial charge is 0.361 e. The zero-order valence-electron chi connectivity index (χ0n) is 20.4. The molecule has 0 radical (unpaired) electrons. The molecule has 0 spiro atoms. The second kappa shape index (κ2) is 6.74. The Morgan fingerprint density at radius 1 is 0.406 bits per heavy atom. The smallest absolute Gasteiger partial charge is 0.0390 e. The van der Waals surface area contributed by atoms with E-state index in [4.69, 9.17) is 0 Å². The zero-order valence-corrected chi connectivity index (χ0v) is 22.1. The summed E-state index contributed by atoms with van der Waals surface area (Å²) in [5.41, 5.74) is 4.80. The van der Waals surface area contributed by atoms with Crippen LogP contribution in [0.3, 0.4) is 0 Å². The summed E-state index contributed by atoms with van der Waals surface area (Å²) >= 11 is 3.87. The van der Waals surface area contributed by atoms with Gasteiger partial charge in [-0.3, -0.25) is 0 Å². The Balaban J connectivity index is 1.76. The number of H-pyrrole nitrogens is 2. The summed E-state index contributed by atoms with van der Waals surface area (Å²) in [5.74, 6) is 0. The maximum Gasteiger partial charge on any atom is 0.0390 e. The van der Waals surface area contributed by atoms with Crippen molar-refractivity contribution in [3.63, 3.8) is 0 Å². The van der Waals surface area contributed by atoms with Crippen LogP contribution in [0, 0.1) is 0 Å². The van der Waals surface area contributed by atoms with Gasteiger partial charge in [-0.05, 0) is 104 Å². The first-order chi connectivity index (χ1) is 14.8. The summed E-state index contributed by atoms with van der Waals surface area (Å²) in [6.45, 7) is 18.7. The number of hydrogen-bond acceptors (Lipinski definition) is 2. The number of hydrogen-bond donors (Lipinski definition) is 2. The average Bonchev–Trinajstić information content (AvgIpc) is 3.53. The molecule has 8 bridgehead atoms. The van der Waals surface area contributed by atoms with E-state index >= 15 is 0 Å². The van der Waals surface area contributed by atoms with Crippen LogP contribution in [-0.4, -0.2) is 9.97 Å². The third kappa shape index (κ3) is 3.03. The molecule has 2 nitrogen and oxygen atoms in total. The van der Waals surface area contributed by atoms with Gasteiger partial charge in [0.05, 0.1) is 0 Å². The second-order valence-corrected chi connectivity index (χ2v) is 13.6. The molecule has 4 aromatic heterocycles. The SMILES string of the molecule is CC1(C)c2ccc([nH]2)C(C)(C)c2ccc(s2)C(C)(C)c2ccc([nH]2)C(C)(C)c2ccc1s2. The van der Waals surface area contributed by atoms with Gasteiger partial charge >= 0.3 is 0 Å². The maximum absolute atomic E-state index is 3.82. The van der Waals surface area contributed by atoms with Gasteiger partial charge in [0, 0.05) is 63.9 Å². The topological polar surface area (TPSA) is 31.6 Å². The first-order valence-electron chi connectivity index (χ1n) is 11.5. The summed E-state index contributed by atoms with van der Waals surface area (Å²) in [6.07, 6.45) is 0. The average molecular weight is 463 g/mol. The van der Waals surface area contributed by atoms with Gasteiger partial charge in [-0.15, -0.1) is 22.7 Å². The summed E-state index contributed by atoms with van der Waals surface area (Å²) in [5, 5.41) is 0. The third-order valence-electron chi connectivity index (χ3n) is 7.74. The molecule has 1 aliphatic heterocycles. The van der Waals surface area contributed by atoms with Crippen molar-refractivity contribution < 1.29 is 0 Å². The van der Waals surface area contributed by atoms with Crippen LogP contribution in [0.2, 0.25) is 0 Å². The van der Waals surface area contributed by atoms with Crippen LogP contribution in [0.5, 0.6) is 0 Å². The van der Waals surface area contributed by atoms with Gasteiger partial charge in [0.15, 0.2) is 0 Å². The molecule has 2 N–H and O–H groups in total. The van der Waals surface area contributed by atoms with E-state index in [1.54, 1.807) is 0 Å². The number of thiophene rings is 2. The predicted octanol–water partition coefficient (Wildman–Crippen LogP) is 8.08. The van der Waals surface area contributed by atoms with Crippen LogP contribution in [0.4, 0.5) is 0 Å². The Labute approximate surface area is 200 Å². The molecule has 0 saturated carbocycles. The molecule has 1 aliphatic rings. The van der Waals surface area contributed by atoms with Gasteiger partial charge in [0.2, 0.25) is 0 Å². The molecule has 0 atom stereocenters. The highest BCUT2D eigenvalue weighted by atomic mass is 32.1. The van der Waals surface area contributed by atoms with Crippen molar-refractivity contribution in [2.75, 3.05) is 0 Å². The fourth-order valence-corrected chi connectivity index (χ4v) is 7.28. The standard InChI is InChI=1S/C28H34N2S2/c1-25(2)17-9-10-18(29-17)26(3,4)23-15-16-24(32-23)28(7,8)20-12-11-19(30-20)27(5,6)22-14-13-21(25)31-22/h9-16,29-30H,1-8H3. The fourth-order valence-electron chi connectivity index (χ4n) is 4.80. The van der Waals surface area contributed by atoms with Crippen molar-refractivity contribution in [1.82, 2.24) is 9.97 Å². The number of rotatable bonds is 0. The van der Waals surface area contributed by atoms with Crippen LogP contribution >= 0.6 is 22.7 Å². The lowest BCUT2D eigenvalue weighted by atomic mass is 9.86. The molecule has 0 aliphatic carbocycles. The van der Waals surface area contributed by atoms with Crippen LogP contribution in [0.1, 0.15) is 97.7 Å². The van der Waals surface area contributed by atoms with Gasteiger partial charge in [0.25, 0.3) is 0 Å². The van der Waals surface area contributed by atoms with Gasteiger partial charge < -0.3 is 9.97 Å². The highest BCUT2D eigenvalue weighted by Crippen LogP contribution is 2.45. The van der Waals surface area contributed by atoms with E-state index in [0.29, 0.717) is 0 Å². The Bertz CT molecular complexity index is 1000. The maximum atomic E-state index is 3.82. The van der Waals surface area contributed by atoms with E-state index in [-0.39, 0.29) is 21.7 Å². The van der Waals surface area contributed by atoms with E-state index in [9.17, 15) is 0 Å². The third-order valence-corrected chi connectivity index (χ3v) is 11.2. The Morgan fingerprint density at radius 2 is 0.625 bits per heavy atom. The molecule has 5 rings (SSSR count). The van der Waals surface area contributed by atoms with Crippen molar-refractivity contribution in [3.8, 4) is 0 Å². The molecule has 4 aromatic rings. The van der Waals surface area contributed by atoms with E-state index in [1.807, 2.05) is 22.7 Å². The van der Waals surface area contributed by atoms with Crippen molar-refractivity contribution in [2.45, 2.75) is 77.0 Å². The van der Waals surface area contributed by atoms with Gasteiger partial charge in [-0.25, -0.2) is 0 Å². The lowest BCUT2D eigenvalue weighted by Crippen LogP contribution is -2.22. The fraction of sp³-hybridized carbons (Fsp3) is 0.429. The minimum absolute atomic E-state index is 0.0755. The van der Waals surface area contributed by atoms with Crippen molar-refractivity contribution in [2.24, 2.45) is 0 Å². The molecule has 0 saturated heterocycles. The Morgan fingerprint density at radius 3 is 0.844 bits per heavy atom. The lowest BCUT2D eigenvalue weighted by molar-refractivity contribution is 0.600. The monoisotopic (exact) mass is 462 g/mol. The molecular weight excluding hydrogens is 428 g/mol. The molecular formula is C28H34N2S2. The van der Waals surface area contributed by atoms with Crippen LogP contribution in [-0.2, 0) is 21.7 Å². The summed E-state index contributed by atoms with van der Waals surface area (Å²) in [7, 11) is 0. The molecule has 32 heavy (non-hydrogen) atoms. The van der Waals surface area contributed by atoms with Crippen LogP contribution in [0.15, 0.2) is 48.5 Å². The summed E-state index contributed by atoms with van der Waals surface area (Å²) in [6, 6.07) is 18.4. The quantitative estimate of drug-likeness (QED) is 0.265. The summed E-state index contributed by atoms with van der Waals surface area (Å²) < 4.78 is 0. The number of aromatic nitrogens is 2. The first-order valence-corrected chi connectivity index (χ1v) is 13.1. The van der Waals surface area contributed by atoms with Gasteiger partial charge in [-0.1, -0.05) is 0 Å². The summed E-state index contributed by atoms with van der Waals surface area (Å²) in [4.78, 5) is 13.2. The highest BCUT2D eigenvalue weighted by Gasteiger charge is 2.36. The second-order valence-electron chi connectivity index (χ2n) is 11.4. The molecule has 5 heterocycles. The zero-order chi connectivity index (χ0) is 23.1. The molecule has 0 amide bonds.